The van der Waals surface area contributed by atoms with E-state index in [0.29, 0.717) is 34.1 Å². The van der Waals surface area contributed by atoms with E-state index < -0.39 is 11.2 Å². The molecule has 0 bridgehead atoms. The topological polar surface area (TPSA) is 115 Å². The molecule has 0 atom stereocenters. The first-order valence-corrected chi connectivity index (χ1v) is 10.8. The van der Waals surface area contributed by atoms with Gasteiger partial charge in [-0.15, -0.1) is 0 Å². The van der Waals surface area contributed by atoms with Gasteiger partial charge < -0.3 is 29.8 Å². The van der Waals surface area contributed by atoms with Gasteiger partial charge in [0.15, 0.2) is 17.3 Å². The highest BCUT2D eigenvalue weighted by atomic mass is 16.5. The fourth-order valence-corrected chi connectivity index (χ4v) is 4.62. The van der Waals surface area contributed by atoms with Crippen LogP contribution in [0, 0.1) is 12.8 Å². The number of rotatable bonds is 5. The van der Waals surface area contributed by atoms with Crippen LogP contribution >= 0.6 is 0 Å². The van der Waals surface area contributed by atoms with Gasteiger partial charge >= 0.3 is 0 Å². The highest BCUT2D eigenvalue weighted by Gasteiger charge is 2.24. The molecule has 0 aliphatic heterocycles. The van der Waals surface area contributed by atoms with E-state index in [-0.39, 0.29) is 23.0 Å². The third kappa shape index (κ3) is 3.88. The molecule has 0 radical (unpaired) electrons. The molecule has 1 heterocycles. The van der Waals surface area contributed by atoms with Gasteiger partial charge in [-0.1, -0.05) is 6.07 Å². The second-order valence-corrected chi connectivity index (χ2v) is 8.56. The number of hydrogen-bond acceptors (Lipinski definition) is 7. The number of benzene rings is 2. The van der Waals surface area contributed by atoms with Gasteiger partial charge in [0.1, 0.15) is 5.58 Å². The number of phenols is 1. The lowest BCUT2D eigenvalue weighted by atomic mass is 9.83. The zero-order valence-electron chi connectivity index (χ0n) is 18.6. The van der Waals surface area contributed by atoms with Crippen LogP contribution in [0.4, 0.5) is 0 Å². The Kier molecular flexibility index (Phi) is 6.02. The van der Waals surface area contributed by atoms with Crippen molar-refractivity contribution >= 4 is 11.0 Å². The quantitative estimate of drug-likeness (QED) is 0.544. The first-order valence-electron chi connectivity index (χ1n) is 10.8. The maximum Gasteiger partial charge on any atom is 0.235 e. The molecule has 32 heavy (non-hydrogen) atoms. The van der Waals surface area contributed by atoms with Crippen molar-refractivity contribution in [3.8, 4) is 34.3 Å². The summed E-state index contributed by atoms with van der Waals surface area (Å²) in [5.74, 6) is 0.248. The summed E-state index contributed by atoms with van der Waals surface area (Å²) in [5, 5.41) is 21.3. The van der Waals surface area contributed by atoms with Gasteiger partial charge in [-0.2, -0.15) is 0 Å². The van der Waals surface area contributed by atoms with E-state index in [9.17, 15) is 15.0 Å². The van der Waals surface area contributed by atoms with E-state index in [1.807, 2.05) is 12.1 Å². The summed E-state index contributed by atoms with van der Waals surface area (Å²) in [6.07, 6.45) is 5.15. The minimum Gasteiger partial charge on any atom is -0.502 e. The lowest BCUT2D eigenvalue weighted by Crippen LogP contribution is -2.27. The Bertz CT molecular complexity index is 1210. The van der Waals surface area contributed by atoms with E-state index >= 15 is 0 Å². The molecular weight excluding hydrogens is 410 g/mol. The van der Waals surface area contributed by atoms with E-state index in [1.54, 1.807) is 13.0 Å². The van der Waals surface area contributed by atoms with Gasteiger partial charge in [0.05, 0.1) is 19.6 Å². The van der Waals surface area contributed by atoms with Crippen molar-refractivity contribution in [2.24, 2.45) is 11.7 Å². The van der Waals surface area contributed by atoms with Crippen LogP contribution in [0.15, 0.2) is 33.5 Å². The van der Waals surface area contributed by atoms with Crippen molar-refractivity contribution in [2.75, 3.05) is 14.2 Å². The Hall–Kier alpha value is -3.19. The van der Waals surface area contributed by atoms with Crippen molar-refractivity contribution in [3.05, 3.63) is 45.6 Å². The summed E-state index contributed by atoms with van der Waals surface area (Å²) in [5.41, 5.74) is 7.91. The molecule has 1 aliphatic rings. The monoisotopic (exact) mass is 439 g/mol. The Morgan fingerprint density at radius 2 is 1.78 bits per heavy atom. The number of methoxy groups -OCH3 is 2. The summed E-state index contributed by atoms with van der Waals surface area (Å²) in [6, 6.07) is 7.32. The number of nitrogens with two attached hydrogens (primary N) is 1. The highest BCUT2D eigenvalue weighted by Crippen LogP contribution is 2.45. The SMILES string of the molecule is COc1cc(-c2oc3cc(CC4CCC(N)CC4)ccc3c(=O)c2O)c(C)c(OC)c1O. The third-order valence-corrected chi connectivity index (χ3v) is 6.49. The van der Waals surface area contributed by atoms with E-state index in [1.165, 1.54) is 20.3 Å². The molecule has 1 aliphatic carbocycles. The van der Waals surface area contributed by atoms with Crippen LogP contribution in [0.3, 0.4) is 0 Å². The Morgan fingerprint density at radius 1 is 1.06 bits per heavy atom. The molecule has 4 N–H and O–H groups in total. The van der Waals surface area contributed by atoms with E-state index in [4.69, 9.17) is 19.6 Å². The largest absolute Gasteiger partial charge is 0.502 e. The zero-order chi connectivity index (χ0) is 23.0. The Balaban J connectivity index is 1.81. The van der Waals surface area contributed by atoms with Gasteiger partial charge in [0.2, 0.25) is 16.9 Å². The first-order chi connectivity index (χ1) is 15.3. The number of aromatic hydroxyl groups is 2. The molecule has 4 rings (SSSR count). The normalized spacial score (nSPS) is 18.6. The zero-order valence-corrected chi connectivity index (χ0v) is 18.6. The fourth-order valence-electron chi connectivity index (χ4n) is 4.62. The molecule has 2 aromatic carbocycles. The number of phenolic OH excluding ortho intramolecular Hbond substituents is 1. The van der Waals surface area contributed by atoms with Gasteiger partial charge in [-0.05, 0) is 68.7 Å². The van der Waals surface area contributed by atoms with Crippen molar-refractivity contribution in [2.45, 2.75) is 45.1 Å². The summed E-state index contributed by atoms with van der Waals surface area (Å²) >= 11 is 0. The summed E-state index contributed by atoms with van der Waals surface area (Å²) in [4.78, 5) is 12.9. The van der Waals surface area contributed by atoms with Gasteiger partial charge in [0.25, 0.3) is 0 Å². The van der Waals surface area contributed by atoms with Crippen LogP contribution in [0.1, 0.15) is 36.8 Å². The maximum atomic E-state index is 12.9. The number of fused-ring (bicyclic) bond motifs is 1. The van der Waals surface area contributed by atoms with Crippen LogP contribution in [0.2, 0.25) is 0 Å². The van der Waals surface area contributed by atoms with Crippen LogP contribution in [0.25, 0.3) is 22.3 Å². The van der Waals surface area contributed by atoms with Crippen molar-refractivity contribution < 1.29 is 24.1 Å². The molecule has 0 spiro atoms. The Morgan fingerprint density at radius 3 is 2.44 bits per heavy atom. The Labute approximate surface area is 186 Å². The van der Waals surface area contributed by atoms with Crippen molar-refractivity contribution in [1.29, 1.82) is 0 Å². The van der Waals surface area contributed by atoms with E-state index in [0.717, 1.165) is 37.7 Å². The molecule has 170 valence electrons. The number of hydrogen-bond donors (Lipinski definition) is 3. The lowest BCUT2D eigenvalue weighted by Gasteiger charge is -2.26. The second kappa shape index (κ2) is 8.74. The third-order valence-electron chi connectivity index (χ3n) is 6.49. The van der Waals surface area contributed by atoms with Crippen LogP contribution in [-0.4, -0.2) is 30.5 Å². The van der Waals surface area contributed by atoms with Crippen LogP contribution in [-0.2, 0) is 6.42 Å². The first kappa shape index (κ1) is 22.0. The van der Waals surface area contributed by atoms with Gasteiger partial charge in [0, 0.05) is 17.2 Å². The highest BCUT2D eigenvalue weighted by molar-refractivity contribution is 5.84. The average molecular weight is 440 g/mol. The van der Waals surface area contributed by atoms with Gasteiger partial charge in [-0.25, -0.2) is 0 Å². The summed E-state index contributed by atoms with van der Waals surface area (Å²) in [6.45, 7) is 1.71. The molecule has 7 heteroatoms. The predicted octanol–water partition coefficient (Wildman–Crippen LogP) is 4.26. The van der Waals surface area contributed by atoms with E-state index in [2.05, 4.69) is 0 Å². The molecule has 3 aromatic rings. The van der Waals surface area contributed by atoms with Crippen molar-refractivity contribution in [1.82, 2.24) is 0 Å². The second-order valence-electron chi connectivity index (χ2n) is 8.56. The number of ether oxygens (including phenoxy) is 2. The molecular formula is C25H29NO6. The molecule has 0 amide bonds. The maximum absolute atomic E-state index is 12.9. The standard InChI is InChI=1S/C25H29NO6/c1-13-18(12-20(30-2)22(28)24(13)31-3)25-23(29)21(27)17-9-6-15(11-19(17)32-25)10-14-4-7-16(26)8-5-14/h6,9,11-12,14,16,28-29H,4-5,7-8,10,26H2,1-3H3. The van der Waals surface area contributed by atoms with Gasteiger partial charge in [-0.3, -0.25) is 4.79 Å². The summed E-state index contributed by atoms with van der Waals surface area (Å²) < 4.78 is 16.6. The minimum atomic E-state index is -0.512. The summed E-state index contributed by atoms with van der Waals surface area (Å²) in [7, 11) is 2.83. The van der Waals surface area contributed by atoms with Crippen LogP contribution in [0.5, 0.6) is 23.0 Å². The van der Waals surface area contributed by atoms with Crippen molar-refractivity contribution in [3.63, 3.8) is 0 Å². The molecule has 0 saturated heterocycles. The minimum absolute atomic E-state index is 0.0115. The average Bonchev–Trinajstić information content (AvgIpc) is 2.78. The van der Waals surface area contributed by atoms with Crippen LogP contribution < -0.4 is 20.6 Å². The molecule has 7 nitrogen and oxygen atoms in total. The molecule has 1 fully saturated rings. The molecule has 1 aromatic heterocycles. The molecule has 1 saturated carbocycles. The fraction of sp³-hybridized carbons (Fsp3) is 0.400. The smallest absolute Gasteiger partial charge is 0.235 e. The predicted molar refractivity (Wildman–Crippen MR) is 123 cm³/mol. The molecule has 0 unspecified atom stereocenters. The lowest BCUT2D eigenvalue weighted by molar-refractivity contribution is 0.325.